The summed E-state index contributed by atoms with van der Waals surface area (Å²) >= 11 is 0. The average Bonchev–Trinajstić information content (AvgIpc) is 2.09. The minimum atomic E-state index is -1.74. The van der Waals surface area contributed by atoms with Gasteiger partial charge in [0.25, 0.3) is 0 Å². The van der Waals surface area contributed by atoms with Gasteiger partial charge in [0.05, 0.1) is 6.10 Å². The van der Waals surface area contributed by atoms with Gasteiger partial charge in [-0.2, -0.15) is 0 Å². The highest BCUT2D eigenvalue weighted by molar-refractivity contribution is 6.74. The molecule has 0 radical (unpaired) electrons. The lowest BCUT2D eigenvalue weighted by Crippen LogP contribution is -2.52. The normalized spacial score (nSPS) is 34.8. The molecule has 3 atom stereocenters. The van der Waals surface area contributed by atoms with Crippen molar-refractivity contribution in [2.24, 2.45) is 11.7 Å². The molecule has 0 unspecified atom stereocenters. The van der Waals surface area contributed by atoms with Crippen molar-refractivity contribution >= 4 is 8.32 Å². The Labute approximate surface area is 114 Å². The van der Waals surface area contributed by atoms with Gasteiger partial charge in [0.15, 0.2) is 8.32 Å². The molecule has 0 aromatic carbocycles. The smallest absolute Gasteiger partial charge is 0.192 e. The molecule has 1 rings (SSSR count). The van der Waals surface area contributed by atoms with E-state index in [2.05, 4.69) is 54.3 Å². The van der Waals surface area contributed by atoms with Crippen LogP contribution in [0.3, 0.4) is 0 Å². The van der Waals surface area contributed by atoms with Crippen molar-refractivity contribution in [2.75, 3.05) is 0 Å². The van der Waals surface area contributed by atoms with E-state index in [1.165, 1.54) is 5.57 Å². The van der Waals surface area contributed by atoms with Gasteiger partial charge in [-0.05, 0) is 49.4 Å². The first kappa shape index (κ1) is 15.9. The summed E-state index contributed by atoms with van der Waals surface area (Å²) in [5.41, 5.74) is 7.46. The molecule has 18 heavy (non-hydrogen) atoms. The molecule has 3 heteroatoms. The first-order valence-corrected chi connectivity index (χ1v) is 9.92. The maximum atomic E-state index is 6.52. The quantitative estimate of drug-likeness (QED) is 0.605. The van der Waals surface area contributed by atoms with Crippen molar-refractivity contribution in [3.05, 3.63) is 12.2 Å². The van der Waals surface area contributed by atoms with E-state index in [1.54, 1.807) is 0 Å². The Kier molecular flexibility index (Phi) is 4.22. The minimum Gasteiger partial charge on any atom is -0.410 e. The summed E-state index contributed by atoms with van der Waals surface area (Å²) in [5.74, 6) is 0.462. The summed E-state index contributed by atoms with van der Waals surface area (Å²) in [5, 5.41) is 0.235. The molecule has 2 nitrogen and oxygen atoms in total. The molecule has 1 fully saturated rings. The van der Waals surface area contributed by atoms with Crippen molar-refractivity contribution in [3.8, 4) is 0 Å². The maximum Gasteiger partial charge on any atom is 0.192 e. The van der Waals surface area contributed by atoms with Gasteiger partial charge in [0.2, 0.25) is 0 Å². The number of hydrogen-bond acceptors (Lipinski definition) is 2. The van der Waals surface area contributed by atoms with Crippen LogP contribution in [0, 0.1) is 5.92 Å². The lowest BCUT2D eigenvalue weighted by atomic mass is 9.74. The predicted octanol–water partition coefficient (Wildman–Crippen LogP) is 4.08. The molecule has 0 aromatic rings. The van der Waals surface area contributed by atoms with E-state index in [-0.39, 0.29) is 16.7 Å². The number of hydrogen-bond donors (Lipinski definition) is 1. The highest BCUT2D eigenvalue weighted by atomic mass is 28.4. The fraction of sp³-hybridized carbons (Fsp3) is 0.867. The molecule has 0 bridgehead atoms. The predicted molar refractivity (Wildman–Crippen MR) is 82.2 cm³/mol. The molecular weight excluding hydrogens is 238 g/mol. The monoisotopic (exact) mass is 269 g/mol. The van der Waals surface area contributed by atoms with Crippen LogP contribution in [0.15, 0.2) is 12.2 Å². The second kappa shape index (κ2) is 4.77. The third-order valence-electron chi connectivity index (χ3n) is 4.71. The Morgan fingerprint density at radius 2 is 1.83 bits per heavy atom. The maximum absolute atomic E-state index is 6.52. The largest absolute Gasteiger partial charge is 0.410 e. The van der Waals surface area contributed by atoms with E-state index >= 15 is 0 Å². The van der Waals surface area contributed by atoms with E-state index in [0.717, 1.165) is 12.8 Å². The van der Waals surface area contributed by atoms with E-state index < -0.39 is 8.32 Å². The van der Waals surface area contributed by atoms with Gasteiger partial charge in [-0.3, -0.25) is 0 Å². The third kappa shape index (κ3) is 3.46. The molecule has 0 aliphatic heterocycles. The van der Waals surface area contributed by atoms with E-state index in [4.69, 9.17) is 10.2 Å². The molecule has 1 aliphatic rings. The van der Waals surface area contributed by atoms with Crippen LogP contribution in [-0.2, 0) is 4.43 Å². The molecule has 0 amide bonds. The van der Waals surface area contributed by atoms with Gasteiger partial charge in [0, 0.05) is 5.54 Å². The third-order valence-corrected chi connectivity index (χ3v) is 9.20. The molecule has 0 saturated heterocycles. The van der Waals surface area contributed by atoms with Crippen LogP contribution in [-0.4, -0.2) is 20.0 Å². The number of rotatable bonds is 2. The Bertz CT molecular complexity index is 328. The van der Waals surface area contributed by atoms with E-state index in [9.17, 15) is 0 Å². The Hall–Kier alpha value is -0.123. The van der Waals surface area contributed by atoms with Crippen molar-refractivity contribution < 1.29 is 4.43 Å². The molecular formula is C15H31NOSi. The first-order chi connectivity index (χ1) is 7.86. The van der Waals surface area contributed by atoms with Crippen LogP contribution in [0.4, 0.5) is 0 Å². The Balaban J connectivity index is 2.86. The van der Waals surface area contributed by atoms with Crippen molar-refractivity contribution in [3.63, 3.8) is 0 Å². The lowest BCUT2D eigenvalue weighted by Gasteiger charge is -2.46. The molecule has 0 aromatic heterocycles. The fourth-order valence-corrected chi connectivity index (χ4v) is 3.74. The molecule has 1 saturated carbocycles. The standard InChI is InChI=1S/C15H31NOSi/c1-11-9-15(6,16)10-13(12(11)2)17-18(7,8)14(3,4)5/h11,13H,2,9-10,16H2,1,3-8H3/t11-,13-,15-/m1/s1. The SMILES string of the molecule is C=C1[C@H](C)C[C@@](C)(N)C[C@H]1O[Si](C)(C)C(C)(C)C. The molecule has 0 heterocycles. The fourth-order valence-electron chi connectivity index (χ4n) is 2.44. The average molecular weight is 270 g/mol. The molecule has 1 aliphatic carbocycles. The Morgan fingerprint density at radius 1 is 1.33 bits per heavy atom. The summed E-state index contributed by atoms with van der Waals surface area (Å²) in [6.45, 7) is 20.0. The van der Waals surface area contributed by atoms with Crippen LogP contribution < -0.4 is 5.73 Å². The van der Waals surface area contributed by atoms with E-state index in [1.807, 2.05) is 0 Å². The van der Waals surface area contributed by atoms with Crippen molar-refractivity contribution in [1.82, 2.24) is 0 Å². The van der Waals surface area contributed by atoms with Gasteiger partial charge in [-0.15, -0.1) is 0 Å². The summed E-state index contributed by atoms with van der Waals surface area (Å²) in [6.07, 6.45) is 2.07. The highest BCUT2D eigenvalue weighted by Gasteiger charge is 2.43. The number of nitrogens with two attached hydrogens (primary N) is 1. The molecule has 2 N–H and O–H groups in total. The van der Waals surface area contributed by atoms with Crippen LogP contribution in [0.5, 0.6) is 0 Å². The molecule has 106 valence electrons. The van der Waals surface area contributed by atoms with E-state index in [0.29, 0.717) is 5.92 Å². The summed E-state index contributed by atoms with van der Waals surface area (Å²) in [7, 11) is -1.74. The second-order valence-corrected chi connectivity index (χ2v) is 12.7. The first-order valence-electron chi connectivity index (χ1n) is 7.01. The Morgan fingerprint density at radius 3 is 2.28 bits per heavy atom. The topological polar surface area (TPSA) is 35.2 Å². The summed E-state index contributed by atoms with van der Waals surface area (Å²) < 4.78 is 6.52. The highest BCUT2D eigenvalue weighted by Crippen LogP contribution is 2.42. The van der Waals surface area contributed by atoms with Gasteiger partial charge >= 0.3 is 0 Å². The minimum absolute atomic E-state index is 0.117. The van der Waals surface area contributed by atoms with Gasteiger partial charge in [-0.25, -0.2) is 0 Å². The van der Waals surface area contributed by atoms with Crippen molar-refractivity contribution in [2.45, 2.75) is 77.2 Å². The van der Waals surface area contributed by atoms with Crippen LogP contribution in [0.1, 0.15) is 47.5 Å². The van der Waals surface area contributed by atoms with Crippen LogP contribution in [0.2, 0.25) is 18.1 Å². The van der Waals surface area contributed by atoms with Crippen LogP contribution >= 0.6 is 0 Å². The van der Waals surface area contributed by atoms with Crippen molar-refractivity contribution in [1.29, 1.82) is 0 Å². The second-order valence-electron chi connectivity index (χ2n) is 7.91. The van der Waals surface area contributed by atoms with Gasteiger partial charge in [0.1, 0.15) is 0 Å². The zero-order chi connectivity index (χ0) is 14.4. The van der Waals surface area contributed by atoms with Gasteiger partial charge in [-0.1, -0.05) is 34.3 Å². The van der Waals surface area contributed by atoms with Gasteiger partial charge < -0.3 is 10.2 Å². The van der Waals surface area contributed by atoms with Crippen LogP contribution in [0.25, 0.3) is 0 Å². The summed E-state index contributed by atoms with van der Waals surface area (Å²) in [4.78, 5) is 0. The summed E-state index contributed by atoms with van der Waals surface area (Å²) in [6, 6.07) is 0. The zero-order valence-electron chi connectivity index (χ0n) is 13.3. The molecule has 0 spiro atoms. The zero-order valence-corrected chi connectivity index (χ0v) is 14.3. The lowest BCUT2D eigenvalue weighted by molar-refractivity contribution is 0.127.